The molecule has 4 atom stereocenters. The molecule has 0 spiro atoms. The van der Waals surface area contributed by atoms with Gasteiger partial charge in [0.2, 0.25) is 11.7 Å². The Morgan fingerprint density at radius 2 is 1.58 bits per heavy atom. The zero-order valence-corrected chi connectivity index (χ0v) is 17.9. The molecular weight excluding hydrogens is 418 g/mol. The first-order valence-electron chi connectivity index (χ1n) is 8.85. The molecule has 3 saturated carbocycles. The van der Waals surface area contributed by atoms with E-state index in [-0.39, 0.29) is 46.5 Å². The second-order valence-electron chi connectivity index (χ2n) is 8.30. The number of nitriles is 1. The van der Waals surface area contributed by atoms with Crippen LogP contribution in [0.5, 0.6) is 0 Å². The van der Waals surface area contributed by atoms with Crippen LogP contribution in [0.1, 0.15) is 27.7 Å². The maximum atomic E-state index is 13.0. The molecule has 4 nitrogen and oxygen atoms in total. The number of hydrogen-bond donors (Lipinski definition) is 0. The van der Waals surface area contributed by atoms with Gasteiger partial charge in [0.25, 0.3) is 0 Å². The number of halogens is 4. The van der Waals surface area contributed by atoms with Gasteiger partial charge < -0.3 is 9.64 Å². The second kappa shape index (κ2) is 5.60. The summed E-state index contributed by atoms with van der Waals surface area (Å²) in [4.78, 5) is 15.0. The van der Waals surface area contributed by atoms with Crippen LogP contribution in [0.3, 0.4) is 0 Å². The van der Waals surface area contributed by atoms with Gasteiger partial charge in [0.15, 0.2) is 0 Å². The average molecular weight is 438 g/mol. The van der Waals surface area contributed by atoms with E-state index in [9.17, 15) is 10.1 Å². The van der Waals surface area contributed by atoms with E-state index in [2.05, 4.69) is 6.07 Å². The van der Waals surface area contributed by atoms with Gasteiger partial charge >= 0.3 is 4.52 Å². The molecule has 26 heavy (non-hydrogen) atoms. The van der Waals surface area contributed by atoms with E-state index in [1.807, 2.05) is 32.6 Å². The SMILES string of the molecule is CC(C)N(C1=C(C2C3C(Cl)C4C(Cl)C2C43C#N)C(=O)C(Cl)(Cl)O1)C(C)C. The predicted octanol–water partition coefficient (Wildman–Crippen LogP) is 4.28. The van der Waals surface area contributed by atoms with Gasteiger partial charge in [-0.25, -0.2) is 0 Å². The molecule has 4 unspecified atom stereocenters. The van der Waals surface area contributed by atoms with Gasteiger partial charge in [-0.3, -0.25) is 4.79 Å². The number of carbonyl (C=O) groups is 1. The van der Waals surface area contributed by atoms with Crippen LogP contribution in [0, 0.1) is 40.4 Å². The summed E-state index contributed by atoms with van der Waals surface area (Å²) in [5.41, 5.74) is -0.0561. The number of alkyl halides is 4. The first kappa shape index (κ1) is 19.0. The zero-order chi connectivity index (χ0) is 19.3. The maximum Gasteiger partial charge on any atom is 0.324 e. The van der Waals surface area contributed by atoms with Crippen LogP contribution < -0.4 is 0 Å². The number of ketones is 1. The monoisotopic (exact) mass is 436 g/mol. The van der Waals surface area contributed by atoms with E-state index in [1.165, 1.54) is 0 Å². The minimum absolute atomic E-state index is 0.00776. The van der Waals surface area contributed by atoms with Crippen molar-refractivity contribution in [1.29, 1.82) is 5.26 Å². The van der Waals surface area contributed by atoms with Gasteiger partial charge in [-0.2, -0.15) is 5.26 Å². The number of hydrogen-bond acceptors (Lipinski definition) is 4. The second-order valence-corrected chi connectivity index (χ2v) is 10.6. The quantitative estimate of drug-likeness (QED) is 0.616. The third-order valence-electron chi connectivity index (χ3n) is 6.64. The first-order valence-corrected chi connectivity index (χ1v) is 10.5. The van der Waals surface area contributed by atoms with Crippen LogP contribution in [0.2, 0.25) is 0 Å². The van der Waals surface area contributed by atoms with Crippen LogP contribution in [-0.4, -0.2) is 38.0 Å². The van der Waals surface area contributed by atoms with Gasteiger partial charge in [-0.05, 0) is 50.9 Å². The van der Waals surface area contributed by atoms with E-state index in [0.29, 0.717) is 11.5 Å². The largest absolute Gasteiger partial charge is 0.435 e. The smallest absolute Gasteiger partial charge is 0.324 e. The van der Waals surface area contributed by atoms with Gasteiger partial charge in [-0.1, -0.05) is 0 Å². The Kier molecular flexibility index (Phi) is 4.09. The molecule has 3 aliphatic carbocycles. The molecule has 0 aromatic heterocycles. The fourth-order valence-electron chi connectivity index (χ4n) is 5.81. The third-order valence-corrected chi connectivity index (χ3v) is 8.22. The summed E-state index contributed by atoms with van der Waals surface area (Å²) in [6.07, 6.45) is 0. The minimum atomic E-state index is -1.95. The Bertz CT molecular complexity index is 731. The highest BCUT2D eigenvalue weighted by Crippen LogP contribution is 2.84. The lowest BCUT2D eigenvalue weighted by molar-refractivity contribution is -0.277. The predicted molar refractivity (Wildman–Crippen MR) is 101 cm³/mol. The van der Waals surface area contributed by atoms with E-state index >= 15 is 0 Å². The molecule has 0 bridgehead atoms. The van der Waals surface area contributed by atoms with Crippen molar-refractivity contribution in [3.63, 3.8) is 0 Å². The Labute approximate surface area is 173 Å². The van der Waals surface area contributed by atoms with Crippen molar-refractivity contribution in [2.24, 2.45) is 29.1 Å². The van der Waals surface area contributed by atoms with Crippen molar-refractivity contribution in [1.82, 2.24) is 4.90 Å². The summed E-state index contributed by atoms with van der Waals surface area (Å²) in [7, 11) is 0. The summed E-state index contributed by atoms with van der Waals surface area (Å²) >= 11 is 25.5. The van der Waals surface area contributed by atoms with Crippen molar-refractivity contribution < 1.29 is 9.53 Å². The van der Waals surface area contributed by atoms with Crippen molar-refractivity contribution in [2.45, 2.75) is 55.1 Å². The lowest BCUT2D eigenvalue weighted by Crippen LogP contribution is -2.87. The van der Waals surface area contributed by atoms with Gasteiger partial charge in [0.1, 0.15) is 0 Å². The number of ether oxygens (including phenoxy) is 1. The average Bonchev–Trinajstić information content (AvgIpc) is 2.71. The molecule has 1 aliphatic heterocycles. The van der Waals surface area contributed by atoms with E-state index < -0.39 is 15.7 Å². The highest BCUT2D eigenvalue weighted by Gasteiger charge is 2.88. The molecule has 1 heterocycles. The molecule has 0 aromatic rings. The van der Waals surface area contributed by atoms with E-state index in [0.717, 1.165) is 0 Å². The summed E-state index contributed by atoms with van der Waals surface area (Å²) in [5, 5.41) is 9.28. The molecule has 142 valence electrons. The van der Waals surface area contributed by atoms with Gasteiger partial charge in [-0.15, -0.1) is 23.2 Å². The molecule has 0 aromatic carbocycles. The van der Waals surface area contributed by atoms with Crippen LogP contribution in [0.15, 0.2) is 11.5 Å². The summed E-state index contributed by atoms with van der Waals surface area (Å²) < 4.78 is 3.79. The Balaban J connectivity index is 1.81. The fraction of sp³-hybridized carbons (Fsp3) is 0.778. The van der Waals surface area contributed by atoms with Crippen molar-refractivity contribution in [3.05, 3.63) is 11.5 Å². The van der Waals surface area contributed by atoms with Crippen molar-refractivity contribution in [3.8, 4) is 6.07 Å². The fourth-order valence-corrected chi connectivity index (χ4v) is 7.70. The summed E-state index contributed by atoms with van der Waals surface area (Å²) in [5.74, 6) is -0.523. The highest BCUT2D eigenvalue weighted by atomic mass is 35.5. The van der Waals surface area contributed by atoms with E-state index in [4.69, 9.17) is 51.1 Å². The lowest BCUT2D eigenvalue weighted by Gasteiger charge is -2.81. The Morgan fingerprint density at radius 3 is 2.00 bits per heavy atom. The lowest BCUT2D eigenvalue weighted by atomic mass is 9.23. The summed E-state index contributed by atoms with van der Waals surface area (Å²) in [6, 6.07) is 2.58. The van der Waals surface area contributed by atoms with Crippen molar-refractivity contribution >= 4 is 52.2 Å². The minimum Gasteiger partial charge on any atom is -0.435 e. The summed E-state index contributed by atoms with van der Waals surface area (Å²) in [6.45, 7) is 8.05. The molecule has 3 fully saturated rings. The molecule has 4 aliphatic rings. The first-order chi connectivity index (χ1) is 12.0. The van der Waals surface area contributed by atoms with Crippen LogP contribution >= 0.6 is 46.4 Å². The normalized spacial score (nSPS) is 44.7. The molecule has 0 N–H and O–H groups in total. The highest BCUT2D eigenvalue weighted by molar-refractivity contribution is 6.59. The van der Waals surface area contributed by atoms with Crippen molar-refractivity contribution in [2.75, 3.05) is 0 Å². The van der Waals surface area contributed by atoms with Crippen LogP contribution in [0.4, 0.5) is 0 Å². The van der Waals surface area contributed by atoms with Crippen LogP contribution in [0.25, 0.3) is 0 Å². The standard InChI is InChI=1S/C18H20Cl4N2O2/c1-6(2)24(7(3)4)16-9(15(25)18(21,22)26-16)8-10-13(19)12-14(20)11(8)17(10,12)5-23/h6-8,10-14H,1-4H3. The number of nitrogens with zero attached hydrogens (tertiary/aromatic N) is 2. The number of carbonyl (C=O) groups excluding carboxylic acids is 1. The number of Topliss-reactive ketones (excluding diaryl/α,β-unsaturated/α-hetero) is 1. The van der Waals surface area contributed by atoms with Crippen LogP contribution in [-0.2, 0) is 9.53 Å². The molecule has 4 rings (SSSR count). The topological polar surface area (TPSA) is 53.3 Å². The van der Waals surface area contributed by atoms with E-state index in [1.54, 1.807) is 0 Å². The molecule has 0 amide bonds. The number of rotatable bonds is 4. The molecule has 0 radical (unpaired) electrons. The third kappa shape index (κ3) is 1.91. The van der Waals surface area contributed by atoms with Gasteiger partial charge in [0, 0.05) is 46.5 Å². The van der Waals surface area contributed by atoms with Gasteiger partial charge in [0.05, 0.1) is 17.1 Å². The maximum absolute atomic E-state index is 13.0. The Hall–Kier alpha value is -0.340. The molecular formula is C18H20Cl4N2O2. The Morgan fingerprint density at radius 1 is 1.08 bits per heavy atom. The zero-order valence-electron chi connectivity index (χ0n) is 14.8. The molecule has 8 heteroatoms. The molecule has 0 saturated heterocycles.